The van der Waals surface area contributed by atoms with Crippen LogP contribution in [0.5, 0.6) is 0 Å². The third-order valence-corrected chi connectivity index (χ3v) is 6.12. The van der Waals surface area contributed by atoms with Crippen LogP contribution < -0.4 is 15.1 Å². The summed E-state index contributed by atoms with van der Waals surface area (Å²) >= 11 is 6.32. The highest BCUT2D eigenvalue weighted by Gasteiger charge is 2.22. The Morgan fingerprint density at radius 3 is 2.31 bits per heavy atom. The molecule has 1 aliphatic heterocycles. The Balaban J connectivity index is 1.38. The van der Waals surface area contributed by atoms with E-state index in [0.717, 1.165) is 40.4 Å². The minimum Gasteiger partial charge on any atom is -0.366 e. The number of rotatable bonds is 5. The topological polar surface area (TPSA) is 44.3 Å². The number of piperazine rings is 1. The lowest BCUT2D eigenvalue weighted by molar-refractivity contribution is 0.594. The number of halogens is 2. The molecular weight excluding hydrogens is 425 g/mol. The fraction of sp³-hybridized carbons (Fsp3) is 0.200. The maximum atomic E-state index is 14.2. The van der Waals surface area contributed by atoms with Gasteiger partial charge >= 0.3 is 0 Å². The van der Waals surface area contributed by atoms with Crippen LogP contribution in [0, 0.1) is 5.82 Å². The number of anilines is 3. The molecule has 32 heavy (non-hydrogen) atoms. The van der Waals surface area contributed by atoms with Crippen LogP contribution in [0.3, 0.4) is 0 Å². The smallest absolute Gasteiger partial charge is 0.228 e. The molecule has 0 unspecified atom stereocenters. The van der Waals surface area contributed by atoms with E-state index >= 15 is 0 Å². The predicted molar refractivity (Wildman–Crippen MR) is 129 cm³/mol. The van der Waals surface area contributed by atoms with E-state index in [2.05, 4.69) is 15.1 Å². The van der Waals surface area contributed by atoms with Crippen LogP contribution in [0.4, 0.5) is 21.8 Å². The van der Waals surface area contributed by atoms with Crippen LogP contribution in [0.1, 0.15) is 5.56 Å². The summed E-state index contributed by atoms with van der Waals surface area (Å²) in [6.07, 6.45) is 0. The summed E-state index contributed by atoms with van der Waals surface area (Å²) in [5.74, 6) is 1.27. The van der Waals surface area contributed by atoms with Crippen molar-refractivity contribution in [3.05, 3.63) is 89.2 Å². The number of aromatic nitrogens is 2. The van der Waals surface area contributed by atoms with Crippen molar-refractivity contribution >= 4 is 40.0 Å². The van der Waals surface area contributed by atoms with Gasteiger partial charge in [-0.3, -0.25) is 0 Å². The zero-order chi connectivity index (χ0) is 21.9. The van der Waals surface area contributed by atoms with Crippen LogP contribution in [0.25, 0.3) is 10.9 Å². The van der Waals surface area contributed by atoms with Crippen molar-refractivity contribution in [3.63, 3.8) is 0 Å². The fourth-order valence-corrected chi connectivity index (χ4v) is 4.22. The average molecular weight is 448 g/mol. The summed E-state index contributed by atoms with van der Waals surface area (Å²) in [7, 11) is 0. The fourth-order valence-electron chi connectivity index (χ4n) is 4.02. The predicted octanol–water partition coefficient (Wildman–Crippen LogP) is 5.36. The van der Waals surface area contributed by atoms with E-state index in [9.17, 15) is 4.39 Å². The molecule has 5 rings (SSSR count). The molecule has 1 saturated heterocycles. The van der Waals surface area contributed by atoms with Gasteiger partial charge in [-0.2, -0.15) is 4.98 Å². The molecule has 0 bridgehead atoms. The van der Waals surface area contributed by atoms with Gasteiger partial charge < -0.3 is 15.1 Å². The van der Waals surface area contributed by atoms with E-state index in [1.807, 2.05) is 60.7 Å². The summed E-state index contributed by atoms with van der Waals surface area (Å²) in [5, 5.41) is 5.14. The van der Waals surface area contributed by atoms with Gasteiger partial charge in [-0.15, -0.1) is 0 Å². The normalized spacial score (nSPS) is 14.1. The molecule has 0 aliphatic carbocycles. The second-order valence-electron chi connectivity index (χ2n) is 7.76. The highest BCUT2D eigenvalue weighted by molar-refractivity contribution is 6.31. The van der Waals surface area contributed by atoms with Gasteiger partial charge in [-0.1, -0.05) is 54.1 Å². The maximum Gasteiger partial charge on any atom is 0.228 e. The molecule has 2 heterocycles. The molecule has 0 radical (unpaired) electrons. The van der Waals surface area contributed by atoms with Gasteiger partial charge in [0.05, 0.1) is 11.2 Å². The van der Waals surface area contributed by atoms with E-state index in [1.165, 1.54) is 6.07 Å². The van der Waals surface area contributed by atoms with Gasteiger partial charge in [0.25, 0.3) is 0 Å². The van der Waals surface area contributed by atoms with Crippen molar-refractivity contribution in [3.8, 4) is 0 Å². The number of benzene rings is 3. The molecule has 0 atom stereocenters. The summed E-state index contributed by atoms with van der Waals surface area (Å²) in [5.41, 5.74) is 2.54. The minimum atomic E-state index is -0.186. The molecule has 5 nitrogen and oxygen atoms in total. The van der Waals surface area contributed by atoms with Gasteiger partial charge in [0.15, 0.2) is 0 Å². The number of hydrogen-bond donors (Lipinski definition) is 1. The standard InChI is InChI=1S/C25H23ClFN5/c26-20-9-3-1-7-18(20)17-28-24-19-8-2-5-11-22(19)29-25(30-24)32-15-13-31(14-16-32)23-12-6-4-10-21(23)27/h1-12H,13-17H2,(H,28,29,30). The van der Waals surface area contributed by atoms with Crippen LogP contribution in [-0.2, 0) is 6.54 Å². The van der Waals surface area contributed by atoms with Gasteiger partial charge in [0.1, 0.15) is 11.6 Å². The molecule has 4 aromatic rings. The molecule has 0 amide bonds. The number of nitrogens with one attached hydrogen (secondary N) is 1. The Morgan fingerprint density at radius 2 is 1.50 bits per heavy atom. The Labute approximate surface area is 191 Å². The van der Waals surface area contributed by atoms with E-state index in [-0.39, 0.29) is 5.82 Å². The lowest BCUT2D eigenvalue weighted by atomic mass is 10.2. The maximum absolute atomic E-state index is 14.2. The monoisotopic (exact) mass is 447 g/mol. The molecule has 3 aromatic carbocycles. The second-order valence-corrected chi connectivity index (χ2v) is 8.17. The molecule has 7 heteroatoms. The second kappa shape index (κ2) is 9.01. The number of hydrogen-bond acceptors (Lipinski definition) is 5. The van der Waals surface area contributed by atoms with Crippen molar-refractivity contribution in [2.75, 3.05) is 41.3 Å². The SMILES string of the molecule is Fc1ccccc1N1CCN(c2nc(NCc3ccccc3Cl)c3ccccc3n2)CC1. The summed E-state index contributed by atoms with van der Waals surface area (Å²) in [6, 6.07) is 22.7. The lowest BCUT2D eigenvalue weighted by Crippen LogP contribution is -2.47. The average Bonchev–Trinajstić information content (AvgIpc) is 2.84. The first-order valence-electron chi connectivity index (χ1n) is 10.7. The zero-order valence-corrected chi connectivity index (χ0v) is 18.3. The molecule has 0 saturated carbocycles. The number of fused-ring (bicyclic) bond motifs is 1. The van der Waals surface area contributed by atoms with Gasteiger partial charge in [0.2, 0.25) is 5.95 Å². The van der Waals surface area contributed by atoms with E-state index in [4.69, 9.17) is 21.6 Å². The Morgan fingerprint density at radius 1 is 0.812 bits per heavy atom. The first kappa shape index (κ1) is 20.5. The molecule has 1 aromatic heterocycles. The van der Waals surface area contributed by atoms with E-state index < -0.39 is 0 Å². The van der Waals surface area contributed by atoms with Crippen LogP contribution in [0.2, 0.25) is 5.02 Å². The van der Waals surface area contributed by atoms with Gasteiger partial charge in [-0.25, -0.2) is 9.37 Å². The molecular formula is C25H23ClFN5. The van der Waals surface area contributed by atoms with Crippen LogP contribution >= 0.6 is 11.6 Å². The van der Waals surface area contributed by atoms with Crippen molar-refractivity contribution in [2.45, 2.75) is 6.54 Å². The van der Waals surface area contributed by atoms with Crippen molar-refractivity contribution in [1.82, 2.24) is 9.97 Å². The molecule has 1 fully saturated rings. The first-order valence-corrected chi connectivity index (χ1v) is 11.1. The van der Waals surface area contributed by atoms with E-state index in [1.54, 1.807) is 6.07 Å². The number of nitrogens with zero attached hydrogens (tertiary/aromatic N) is 4. The zero-order valence-electron chi connectivity index (χ0n) is 17.5. The summed E-state index contributed by atoms with van der Waals surface area (Å²) in [6.45, 7) is 3.42. The van der Waals surface area contributed by atoms with Gasteiger partial charge in [-0.05, 0) is 35.9 Å². The van der Waals surface area contributed by atoms with Crippen molar-refractivity contribution < 1.29 is 4.39 Å². The van der Waals surface area contributed by atoms with Crippen molar-refractivity contribution in [2.24, 2.45) is 0 Å². The molecule has 1 aliphatic rings. The third kappa shape index (κ3) is 4.18. The Hall–Kier alpha value is -3.38. The highest BCUT2D eigenvalue weighted by Crippen LogP contribution is 2.27. The third-order valence-electron chi connectivity index (χ3n) is 5.75. The van der Waals surface area contributed by atoms with Crippen molar-refractivity contribution in [1.29, 1.82) is 0 Å². The molecule has 0 spiro atoms. The summed E-state index contributed by atoms with van der Waals surface area (Å²) < 4.78 is 14.2. The number of para-hydroxylation sites is 2. The lowest BCUT2D eigenvalue weighted by Gasteiger charge is -2.36. The Kier molecular flexibility index (Phi) is 5.77. The van der Waals surface area contributed by atoms with Crippen LogP contribution in [0.15, 0.2) is 72.8 Å². The quantitative estimate of drug-likeness (QED) is 0.446. The van der Waals surface area contributed by atoms with Crippen LogP contribution in [-0.4, -0.2) is 36.1 Å². The van der Waals surface area contributed by atoms with E-state index in [0.29, 0.717) is 31.3 Å². The highest BCUT2D eigenvalue weighted by atomic mass is 35.5. The minimum absolute atomic E-state index is 0.186. The van der Waals surface area contributed by atoms with Gasteiger partial charge in [0, 0.05) is 43.1 Å². The molecule has 1 N–H and O–H groups in total. The summed E-state index contributed by atoms with van der Waals surface area (Å²) in [4.78, 5) is 13.9. The Bertz CT molecular complexity index is 1240. The molecule has 162 valence electrons. The largest absolute Gasteiger partial charge is 0.366 e. The first-order chi connectivity index (χ1) is 15.7.